The molecule has 0 aliphatic carbocycles. The van der Waals surface area contributed by atoms with E-state index in [0.29, 0.717) is 23.6 Å². The second kappa shape index (κ2) is 6.71. The van der Waals surface area contributed by atoms with Gasteiger partial charge in [-0.25, -0.2) is 13.8 Å². The Bertz CT molecular complexity index is 1400. The molecule has 3 aromatic heterocycles. The van der Waals surface area contributed by atoms with Crippen molar-refractivity contribution >= 4 is 38.6 Å². The van der Waals surface area contributed by atoms with Gasteiger partial charge in [0.1, 0.15) is 16.0 Å². The first-order chi connectivity index (χ1) is 14.3. The molecule has 0 amide bonds. The topological polar surface area (TPSA) is 97.0 Å². The van der Waals surface area contributed by atoms with Crippen molar-refractivity contribution in [1.82, 2.24) is 13.9 Å². The van der Waals surface area contributed by atoms with Gasteiger partial charge in [-0.3, -0.25) is 18.5 Å². The molecule has 0 radical (unpaired) electrons. The summed E-state index contributed by atoms with van der Waals surface area (Å²) in [5.41, 5.74) is 5.63. The molecule has 1 aliphatic heterocycles. The van der Waals surface area contributed by atoms with E-state index in [0.717, 1.165) is 17.6 Å². The number of benzene rings is 1. The van der Waals surface area contributed by atoms with Crippen molar-refractivity contribution in [3.63, 3.8) is 0 Å². The maximum Gasteiger partial charge on any atom is 0.271 e. The molecule has 1 fully saturated rings. The lowest BCUT2D eigenvalue weighted by molar-refractivity contribution is 0.565. The predicted octanol–water partition coefficient (Wildman–Crippen LogP) is 2.35. The minimum absolute atomic E-state index is 0.0199. The SMILES string of the molecule is CC1CN(c2nc3c(cc2F)c(=O)c2c(=O)[nH]sc2n3-c2ccc(F)cc2)CC1N. The molecule has 7 nitrogen and oxygen atoms in total. The number of fused-ring (bicyclic) bond motifs is 2. The Morgan fingerprint density at radius 3 is 2.60 bits per heavy atom. The highest BCUT2D eigenvalue weighted by Gasteiger charge is 2.30. The van der Waals surface area contributed by atoms with Crippen LogP contribution in [-0.4, -0.2) is 33.1 Å². The molecule has 154 valence electrons. The number of rotatable bonds is 2. The number of nitrogens with two attached hydrogens (primary N) is 1. The molecule has 0 saturated carbocycles. The molecule has 0 spiro atoms. The lowest BCUT2D eigenvalue weighted by Gasteiger charge is -2.19. The van der Waals surface area contributed by atoms with Crippen molar-refractivity contribution in [2.45, 2.75) is 13.0 Å². The first-order valence-electron chi connectivity index (χ1n) is 9.38. The molecular formula is C20H17F2N5O2S. The average Bonchev–Trinajstić information content (AvgIpc) is 3.26. The zero-order valence-electron chi connectivity index (χ0n) is 15.9. The Balaban J connectivity index is 1.87. The lowest BCUT2D eigenvalue weighted by Crippen LogP contribution is -2.29. The van der Waals surface area contributed by atoms with E-state index in [1.165, 1.54) is 24.3 Å². The number of aromatic nitrogens is 3. The third-order valence-electron chi connectivity index (χ3n) is 5.56. The van der Waals surface area contributed by atoms with E-state index in [9.17, 15) is 18.4 Å². The summed E-state index contributed by atoms with van der Waals surface area (Å²) in [6.45, 7) is 2.97. The van der Waals surface area contributed by atoms with E-state index in [2.05, 4.69) is 9.36 Å². The fourth-order valence-corrected chi connectivity index (χ4v) is 4.77. The summed E-state index contributed by atoms with van der Waals surface area (Å²) in [7, 11) is 0. The van der Waals surface area contributed by atoms with Crippen LogP contribution in [0, 0.1) is 17.6 Å². The number of aromatic amines is 1. The Labute approximate surface area is 172 Å². The summed E-state index contributed by atoms with van der Waals surface area (Å²) >= 11 is 0.976. The summed E-state index contributed by atoms with van der Waals surface area (Å²) in [6, 6.07) is 6.57. The molecule has 10 heteroatoms. The van der Waals surface area contributed by atoms with Gasteiger partial charge in [0.2, 0.25) is 5.43 Å². The fraction of sp³-hybridized carbons (Fsp3) is 0.250. The van der Waals surface area contributed by atoms with E-state index in [1.807, 2.05) is 6.92 Å². The average molecular weight is 429 g/mol. The Hall–Kier alpha value is -3.11. The van der Waals surface area contributed by atoms with E-state index >= 15 is 0 Å². The van der Waals surface area contributed by atoms with Gasteiger partial charge in [0.15, 0.2) is 17.3 Å². The van der Waals surface area contributed by atoms with Crippen LogP contribution in [0.4, 0.5) is 14.6 Å². The number of nitrogens with zero attached hydrogens (tertiary/aromatic N) is 3. The van der Waals surface area contributed by atoms with Crippen LogP contribution >= 0.6 is 11.5 Å². The van der Waals surface area contributed by atoms with E-state index in [1.54, 1.807) is 9.47 Å². The molecule has 4 aromatic rings. The second-order valence-electron chi connectivity index (χ2n) is 7.57. The van der Waals surface area contributed by atoms with Crippen LogP contribution in [0.2, 0.25) is 0 Å². The number of anilines is 1. The van der Waals surface area contributed by atoms with E-state index in [4.69, 9.17) is 5.73 Å². The molecule has 0 bridgehead atoms. The quantitative estimate of drug-likeness (QED) is 0.510. The molecule has 30 heavy (non-hydrogen) atoms. The normalized spacial score (nSPS) is 19.3. The van der Waals surface area contributed by atoms with Gasteiger partial charge >= 0.3 is 0 Å². The molecule has 4 heterocycles. The largest absolute Gasteiger partial charge is 0.352 e. The molecule has 3 N–H and O–H groups in total. The molecule has 2 unspecified atom stereocenters. The molecule has 2 atom stereocenters. The zero-order chi connectivity index (χ0) is 21.2. The van der Waals surface area contributed by atoms with E-state index in [-0.39, 0.29) is 34.2 Å². The van der Waals surface area contributed by atoms with Crippen LogP contribution in [0.25, 0.3) is 26.9 Å². The molecule has 1 saturated heterocycles. The van der Waals surface area contributed by atoms with Gasteiger partial charge in [-0.05, 0) is 47.8 Å². The van der Waals surface area contributed by atoms with Gasteiger partial charge in [0.05, 0.1) is 5.39 Å². The van der Waals surface area contributed by atoms with Gasteiger partial charge in [0.25, 0.3) is 5.56 Å². The van der Waals surface area contributed by atoms with Gasteiger partial charge in [0, 0.05) is 24.8 Å². The first-order valence-corrected chi connectivity index (χ1v) is 10.2. The summed E-state index contributed by atoms with van der Waals surface area (Å²) in [5, 5.41) is -0.101. The number of H-pyrrole nitrogens is 1. The molecule has 1 aliphatic rings. The number of pyridine rings is 2. The predicted molar refractivity (Wildman–Crippen MR) is 113 cm³/mol. The monoisotopic (exact) mass is 429 g/mol. The number of halogens is 2. The first kappa shape index (κ1) is 18.9. The Morgan fingerprint density at radius 1 is 1.20 bits per heavy atom. The summed E-state index contributed by atoms with van der Waals surface area (Å²) in [4.78, 5) is 31.8. The highest BCUT2D eigenvalue weighted by Crippen LogP contribution is 2.29. The van der Waals surface area contributed by atoms with Crippen molar-refractivity contribution in [1.29, 1.82) is 0 Å². The fourth-order valence-electron chi connectivity index (χ4n) is 3.91. The number of hydrogen-bond acceptors (Lipinski definition) is 6. The second-order valence-corrected chi connectivity index (χ2v) is 8.36. The van der Waals surface area contributed by atoms with Crippen LogP contribution in [0.1, 0.15) is 6.92 Å². The number of nitrogens with one attached hydrogen (secondary N) is 1. The van der Waals surface area contributed by atoms with Crippen molar-refractivity contribution < 1.29 is 8.78 Å². The highest BCUT2D eigenvalue weighted by molar-refractivity contribution is 7.12. The zero-order valence-corrected chi connectivity index (χ0v) is 16.7. The van der Waals surface area contributed by atoms with Crippen LogP contribution in [0.15, 0.2) is 39.9 Å². The summed E-state index contributed by atoms with van der Waals surface area (Å²) in [6.07, 6.45) is 0. The van der Waals surface area contributed by atoms with Crippen molar-refractivity contribution in [2.75, 3.05) is 18.0 Å². The van der Waals surface area contributed by atoms with Crippen LogP contribution < -0.4 is 21.6 Å². The van der Waals surface area contributed by atoms with Crippen LogP contribution in [0.5, 0.6) is 0 Å². The third kappa shape index (κ3) is 2.75. The van der Waals surface area contributed by atoms with Crippen molar-refractivity contribution in [3.8, 4) is 5.69 Å². The van der Waals surface area contributed by atoms with E-state index < -0.39 is 22.6 Å². The Morgan fingerprint density at radius 2 is 1.93 bits per heavy atom. The lowest BCUT2D eigenvalue weighted by atomic mass is 10.1. The maximum absolute atomic E-state index is 15.0. The minimum Gasteiger partial charge on any atom is -0.352 e. The van der Waals surface area contributed by atoms with Crippen LogP contribution in [-0.2, 0) is 0 Å². The Kier molecular flexibility index (Phi) is 4.23. The van der Waals surface area contributed by atoms with Gasteiger partial charge in [-0.15, -0.1) is 0 Å². The summed E-state index contributed by atoms with van der Waals surface area (Å²) in [5.74, 6) is -0.821. The van der Waals surface area contributed by atoms with Crippen LogP contribution in [0.3, 0.4) is 0 Å². The van der Waals surface area contributed by atoms with Crippen molar-refractivity contribution in [3.05, 3.63) is 62.5 Å². The number of hydrogen-bond donors (Lipinski definition) is 2. The molecule has 5 rings (SSSR count). The highest BCUT2D eigenvalue weighted by atomic mass is 32.1. The molecular weight excluding hydrogens is 412 g/mol. The minimum atomic E-state index is -0.655. The smallest absolute Gasteiger partial charge is 0.271 e. The van der Waals surface area contributed by atoms with Crippen molar-refractivity contribution in [2.24, 2.45) is 11.7 Å². The molecule has 1 aromatic carbocycles. The van der Waals surface area contributed by atoms with Gasteiger partial charge < -0.3 is 10.6 Å². The van der Waals surface area contributed by atoms with Gasteiger partial charge in [-0.2, -0.15) is 0 Å². The summed E-state index contributed by atoms with van der Waals surface area (Å²) < 4.78 is 32.6. The van der Waals surface area contributed by atoms with Gasteiger partial charge in [-0.1, -0.05) is 6.92 Å². The standard InChI is InChI=1S/C20H17F2N5O2S/c1-9-7-26(8-14(9)23)18-13(22)6-12-16(28)15-19(29)25-30-20(15)27(17(12)24-18)11-4-2-10(21)3-5-11/h2-6,9,14H,7-8,23H2,1H3,(H,25,29). The third-order valence-corrected chi connectivity index (χ3v) is 6.43. The maximum atomic E-state index is 15.0.